The Morgan fingerprint density at radius 3 is 3.12 bits per heavy atom. The van der Waals surface area contributed by atoms with Gasteiger partial charge < -0.3 is 14.4 Å². The van der Waals surface area contributed by atoms with E-state index in [0.717, 1.165) is 63.7 Å². The van der Waals surface area contributed by atoms with E-state index >= 15 is 0 Å². The quantitative estimate of drug-likeness (QED) is 0.792. The number of nitrogens with zero attached hydrogens (tertiary/aromatic N) is 1. The van der Waals surface area contributed by atoms with Gasteiger partial charge in [-0.15, -0.1) is 0 Å². The first kappa shape index (κ1) is 16.6. The molecule has 3 fully saturated rings. The summed E-state index contributed by atoms with van der Waals surface area (Å²) in [4.78, 5) is 14.8. The van der Waals surface area contributed by atoms with Gasteiger partial charge in [0.1, 0.15) is 0 Å². The van der Waals surface area contributed by atoms with Gasteiger partial charge in [0.05, 0.1) is 19.1 Å². The van der Waals surface area contributed by atoms with Crippen molar-refractivity contribution in [1.29, 1.82) is 0 Å². The number of carbonyl (C=O) groups is 1. The van der Waals surface area contributed by atoms with Crippen LogP contribution in [0.3, 0.4) is 0 Å². The molecule has 5 heteroatoms. The minimum absolute atomic E-state index is 0.00962. The topological polar surface area (TPSA) is 38.8 Å². The summed E-state index contributed by atoms with van der Waals surface area (Å²) in [6, 6.07) is 2.05. The zero-order valence-corrected chi connectivity index (χ0v) is 15.1. The lowest BCUT2D eigenvalue weighted by atomic mass is 9.73. The van der Waals surface area contributed by atoms with Gasteiger partial charge in [-0.1, -0.05) is 0 Å². The third-order valence-electron chi connectivity index (χ3n) is 5.72. The monoisotopic (exact) mass is 349 g/mol. The molecule has 0 radical (unpaired) electrons. The molecule has 4 rings (SSSR count). The average Bonchev–Trinajstić information content (AvgIpc) is 3.28. The van der Waals surface area contributed by atoms with Crippen LogP contribution in [0.5, 0.6) is 0 Å². The van der Waals surface area contributed by atoms with Gasteiger partial charge in [0, 0.05) is 31.7 Å². The Balaban J connectivity index is 1.40. The fraction of sp³-hybridized carbons (Fsp3) is 0.737. The van der Waals surface area contributed by atoms with Gasteiger partial charge >= 0.3 is 0 Å². The maximum Gasteiger partial charge on any atom is 0.227 e. The van der Waals surface area contributed by atoms with Crippen molar-refractivity contribution in [1.82, 2.24) is 4.90 Å². The van der Waals surface area contributed by atoms with E-state index in [-0.39, 0.29) is 17.4 Å². The Morgan fingerprint density at radius 2 is 2.33 bits per heavy atom. The van der Waals surface area contributed by atoms with E-state index in [2.05, 4.69) is 10.3 Å². The van der Waals surface area contributed by atoms with Crippen molar-refractivity contribution in [3.05, 3.63) is 22.4 Å². The predicted octanol–water partition coefficient (Wildman–Crippen LogP) is 3.11. The van der Waals surface area contributed by atoms with Crippen LogP contribution in [0.25, 0.3) is 0 Å². The highest BCUT2D eigenvalue weighted by Crippen LogP contribution is 2.41. The van der Waals surface area contributed by atoms with Gasteiger partial charge in [0.15, 0.2) is 0 Å². The van der Waals surface area contributed by atoms with Gasteiger partial charge in [-0.3, -0.25) is 4.79 Å². The smallest absolute Gasteiger partial charge is 0.227 e. The largest absolute Gasteiger partial charge is 0.380 e. The first-order chi connectivity index (χ1) is 11.8. The maximum atomic E-state index is 12.7. The Hall–Kier alpha value is -0.910. The number of piperidine rings is 1. The lowest BCUT2D eigenvalue weighted by molar-refractivity contribution is -0.164. The highest BCUT2D eigenvalue weighted by Gasteiger charge is 2.47. The molecule has 0 bridgehead atoms. The number of thiophene rings is 1. The third-order valence-corrected chi connectivity index (χ3v) is 6.45. The second kappa shape index (κ2) is 7.14. The van der Waals surface area contributed by atoms with E-state index in [9.17, 15) is 4.79 Å². The van der Waals surface area contributed by atoms with E-state index in [4.69, 9.17) is 9.47 Å². The fourth-order valence-corrected chi connectivity index (χ4v) is 4.78. The Kier molecular flexibility index (Phi) is 4.93. The number of amides is 1. The molecule has 2 aliphatic heterocycles. The number of rotatable bonds is 6. The SMILES string of the molecule is O=C(Cc1ccsc1)N1CC[C@@H]2OCCC[C@]2(COCC2CC2)C1. The molecule has 0 aromatic carbocycles. The van der Waals surface area contributed by atoms with Crippen molar-refractivity contribution in [2.45, 2.75) is 44.6 Å². The molecule has 1 aromatic rings. The molecule has 3 aliphatic rings. The molecule has 2 atom stereocenters. The van der Waals surface area contributed by atoms with Crippen LogP contribution in [0, 0.1) is 11.3 Å². The van der Waals surface area contributed by atoms with Crippen molar-refractivity contribution in [2.75, 3.05) is 32.9 Å². The molecule has 3 heterocycles. The highest BCUT2D eigenvalue weighted by atomic mass is 32.1. The molecule has 1 aliphatic carbocycles. The normalized spacial score (nSPS) is 30.2. The van der Waals surface area contributed by atoms with Crippen LogP contribution in [0.15, 0.2) is 16.8 Å². The van der Waals surface area contributed by atoms with E-state index in [1.165, 1.54) is 12.8 Å². The highest BCUT2D eigenvalue weighted by molar-refractivity contribution is 7.07. The number of hydrogen-bond acceptors (Lipinski definition) is 4. The van der Waals surface area contributed by atoms with Crippen LogP contribution >= 0.6 is 11.3 Å². The van der Waals surface area contributed by atoms with Crippen LogP contribution in [-0.2, 0) is 20.7 Å². The number of carbonyl (C=O) groups excluding carboxylic acids is 1. The Bertz CT molecular complexity index is 557. The second-order valence-corrected chi connectivity index (χ2v) is 8.48. The zero-order valence-electron chi connectivity index (χ0n) is 14.2. The number of likely N-dealkylation sites (tertiary alicyclic amines) is 1. The summed E-state index contributed by atoms with van der Waals surface area (Å²) < 4.78 is 12.2. The van der Waals surface area contributed by atoms with Crippen LogP contribution in [0.4, 0.5) is 0 Å². The van der Waals surface area contributed by atoms with Crippen LogP contribution < -0.4 is 0 Å². The van der Waals surface area contributed by atoms with Crippen molar-refractivity contribution in [3.8, 4) is 0 Å². The van der Waals surface area contributed by atoms with Gasteiger partial charge in [-0.05, 0) is 60.4 Å². The van der Waals surface area contributed by atoms with E-state index in [1.807, 2.05) is 11.4 Å². The number of ether oxygens (including phenoxy) is 2. The van der Waals surface area contributed by atoms with Crippen molar-refractivity contribution in [3.63, 3.8) is 0 Å². The minimum Gasteiger partial charge on any atom is -0.380 e. The van der Waals surface area contributed by atoms with Gasteiger partial charge in [-0.2, -0.15) is 11.3 Å². The standard InChI is InChI=1S/C19H27NO3S/c21-18(10-16-5-9-24-12-16)20-7-4-17-19(13-20,6-1-8-23-17)14-22-11-15-2-3-15/h5,9,12,15,17H,1-4,6-8,10-11,13-14H2/t17-,19+/m0/s1. The van der Waals surface area contributed by atoms with Crippen LogP contribution in [0.1, 0.15) is 37.7 Å². The van der Waals surface area contributed by atoms with Crippen molar-refractivity contribution < 1.29 is 14.3 Å². The lowest BCUT2D eigenvalue weighted by Crippen LogP contribution is -2.58. The zero-order chi connectivity index (χ0) is 16.4. The average molecular weight is 349 g/mol. The molecule has 0 N–H and O–H groups in total. The van der Waals surface area contributed by atoms with Gasteiger partial charge in [0.25, 0.3) is 0 Å². The molecular formula is C19H27NO3S. The predicted molar refractivity (Wildman–Crippen MR) is 94.2 cm³/mol. The Morgan fingerprint density at radius 1 is 1.42 bits per heavy atom. The number of hydrogen-bond donors (Lipinski definition) is 0. The van der Waals surface area contributed by atoms with Gasteiger partial charge in [0.2, 0.25) is 5.91 Å². The first-order valence-corrected chi connectivity index (χ1v) is 10.2. The summed E-state index contributed by atoms with van der Waals surface area (Å²) in [6.07, 6.45) is 6.56. The minimum atomic E-state index is 0.00962. The maximum absolute atomic E-state index is 12.7. The lowest BCUT2D eigenvalue weighted by Gasteiger charge is -2.50. The molecule has 132 valence electrons. The molecule has 2 saturated heterocycles. The van der Waals surface area contributed by atoms with Crippen LogP contribution in [0.2, 0.25) is 0 Å². The molecule has 0 spiro atoms. The van der Waals surface area contributed by atoms with E-state index in [0.29, 0.717) is 6.42 Å². The summed E-state index contributed by atoms with van der Waals surface area (Å²) in [5.41, 5.74) is 1.14. The van der Waals surface area contributed by atoms with Crippen molar-refractivity contribution >= 4 is 17.2 Å². The van der Waals surface area contributed by atoms with E-state index < -0.39 is 0 Å². The van der Waals surface area contributed by atoms with Gasteiger partial charge in [-0.25, -0.2) is 0 Å². The fourth-order valence-electron chi connectivity index (χ4n) is 4.11. The summed E-state index contributed by atoms with van der Waals surface area (Å²) in [5.74, 6) is 1.03. The summed E-state index contributed by atoms with van der Waals surface area (Å²) in [6.45, 7) is 4.11. The van der Waals surface area contributed by atoms with Crippen LogP contribution in [-0.4, -0.2) is 49.8 Å². The number of fused-ring (bicyclic) bond motifs is 1. The van der Waals surface area contributed by atoms with Crippen molar-refractivity contribution in [2.24, 2.45) is 11.3 Å². The molecule has 24 heavy (non-hydrogen) atoms. The molecular weight excluding hydrogens is 322 g/mol. The summed E-state index contributed by atoms with van der Waals surface area (Å²) in [5, 5.41) is 4.11. The Labute approximate surface area is 148 Å². The second-order valence-electron chi connectivity index (χ2n) is 7.70. The summed E-state index contributed by atoms with van der Waals surface area (Å²) >= 11 is 1.65. The first-order valence-electron chi connectivity index (χ1n) is 9.23. The molecule has 1 amide bonds. The summed E-state index contributed by atoms with van der Waals surface area (Å²) in [7, 11) is 0. The molecule has 4 nitrogen and oxygen atoms in total. The molecule has 1 aromatic heterocycles. The molecule has 0 unspecified atom stereocenters. The third kappa shape index (κ3) is 3.68. The van der Waals surface area contributed by atoms with E-state index in [1.54, 1.807) is 11.3 Å². The molecule has 1 saturated carbocycles.